The molecule has 1 saturated heterocycles. The number of halogens is 3. The fourth-order valence-electron chi connectivity index (χ4n) is 3.34. The molecule has 0 aliphatic carbocycles. The number of carbonyl (C=O) groups is 1. The number of piperidine rings is 1. The molecule has 1 amide bonds. The Morgan fingerprint density at radius 1 is 1.18 bits per heavy atom. The Hall–Kier alpha value is -2.84. The average Bonchev–Trinajstić information content (AvgIpc) is 2.59. The number of hydrogen-bond acceptors (Lipinski definition) is 5. The van der Waals surface area contributed by atoms with Crippen molar-refractivity contribution in [2.45, 2.75) is 38.9 Å². The number of aryl methyl sites for hydroxylation is 2. The molecule has 9 heteroatoms. The molecule has 0 spiro atoms. The molecular formula is C19H21F3N4O2. The number of nitrogens with one attached hydrogen (secondary N) is 1. The highest BCUT2D eigenvalue weighted by atomic mass is 19.4. The third-order valence-electron chi connectivity index (χ3n) is 4.85. The number of likely N-dealkylation sites (N-methyl/N-ethyl adjacent to an activating group) is 1. The lowest BCUT2D eigenvalue weighted by Crippen LogP contribution is -2.43. The van der Waals surface area contributed by atoms with Crippen molar-refractivity contribution < 1.29 is 23.1 Å². The Kier molecular flexibility index (Phi) is 5.18. The molecule has 1 aromatic carbocycles. The van der Waals surface area contributed by atoms with Crippen LogP contribution in [-0.2, 0) is 11.0 Å². The number of aromatic nitrogens is 2. The molecule has 150 valence electrons. The molecule has 1 unspecified atom stereocenters. The topological polar surface area (TPSA) is 78.4 Å². The van der Waals surface area contributed by atoms with E-state index in [2.05, 4.69) is 15.5 Å². The normalized spacial score (nSPS) is 17.7. The zero-order chi connectivity index (χ0) is 20.6. The van der Waals surface area contributed by atoms with Crippen molar-refractivity contribution in [2.75, 3.05) is 18.9 Å². The number of aromatic hydroxyl groups is 1. The molecule has 0 radical (unpaired) electrons. The van der Waals surface area contributed by atoms with Gasteiger partial charge in [0.05, 0.1) is 11.3 Å². The van der Waals surface area contributed by atoms with Crippen LogP contribution in [0.1, 0.15) is 29.5 Å². The van der Waals surface area contributed by atoms with Crippen LogP contribution >= 0.6 is 0 Å². The van der Waals surface area contributed by atoms with Crippen LogP contribution in [0.25, 0.3) is 11.3 Å². The van der Waals surface area contributed by atoms with E-state index in [0.29, 0.717) is 37.0 Å². The van der Waals surface area contributed by atoms with Crippen molar-refractivity contribution in [1.29, 1.82) is 0 Å². The number of phenolic OH excluding ortho intramolecular Hbond substituents is 1. The Labute approximate surface area is 160 Å². The summed E-state index contributed by atoms with van der Waals surface area (Å²) in [6.07, 6.45) is -3.40. The predicted molar refractivity (Wildman–Crippen MR) is 97.9 cm³/mol. The van der Waals surface area contributed by atoms with E-state index in [9.17, 15) is 23.1 Å². The summed E-state index contributed by atoms with van der Waals surface area (Å²) in [6.45, 7) is 3.84. The molecular weight excluding hydrogens is 373 g/mol. The number of benzene rings is 1. The van der Waals surface area contributed by atoms with Crippen molar-refractivity contribution in [2.24, 2.45) is 0 Å². The number of phenols is 1. The number of hydrogen-bond donors (Lipinski definition) is 2. The lowest BCUT2D eigenvalue weighted by molar-refractivity contribution is -0.137. The van der Waals surface area contributed by atoms with Gasteiger partial charge in [-0.05, 0) is 49.6 Å². The number of anilines is 1. The van der Waals surface area contributed by atoms with Gasteiger partial charge < -0.3 is 15.3 Å². The van der Waals surface area contributed by atoms with Crippen LogP contribution in [0.4, 0.5) is 19.0 Å². The van der Waals surface area contributed by atoms with Gasteiger partial charge in [0.2, 0.25) is 5.91 Å². The van der Waals surface area contributed by atoms with E-state index < -0.39 is 17.5 Å². The molecule has 2 aromatic rings. The Morgan fingerprint density at radius 3 is 2.46 bits per heavy atom. The van der Waals surface area contributed by atoms with Gasteiger partial charge in [0.25, 0.3) is 0 Å². The zero-order valence-corrected chi connectivity index (χ0v) is 15.8. The van der Waals surface area contributed by atoms with Gasteiger partial charge in [0.15, 0.2) is 5.82 Å². The molecule has 1 aliphatic rings. The third-order valence-corrected chi connectivity index (χ3v) is 4.85. The first-order chi connectivity index (χ1) is 13.1. The SMILES string of the molecule is Cc1cc(-c2c(C)cc(C(F)(F)F)cc2O)nnc1NC1CCC(=O)N(C)C1. The summed E-state index contributed by atoms with van der Waals surface area (Å²) >= 11 is 0. The molecule has 3 rings (SSSR count). The number of rotatable bonds is 3. The van der Waals surface area contributed by atoms with Crippen LogP contribution in [0.15, 0.2) is 18.2 Å². The molecule has 6 nitrogen and oxygen atoms in total. The average molecular weight is 394 g/mol. The Balaban J connectivity index is 1.86. The van der Waals surface area contributed by atoms with Gasteiger partial charge in [0, 0.05) is 31.6 Å². The number of carbonyl (C=O) groups excluding carboxylic acids is 1. The number of amides is 1. The first-order valence-electron chi connectivity index (χ1n) is 8.82. The molecule has 0 saturated carbocycles. The van der Waals surface area contributed by atoms with E-state index in [0.717, 1.165) is 11.6 Å². The minimum absolute atomic E-state index is 0.0442. The Bertz CT molecular complexity index is 892. The van der Waals surface area contributed by atoms with Gasteiger partial charge in [-0.15, -0.1) is 10.2 Å². The second-order valence-electron chi connectivity index (χ2n) is 7.10. The lowest BCUT2D eigenvalue weighted by atomic mass is 9.99. The first-order valence-corrected chi connectivity index (χ1v) is 8.82. The molecule has 2 heterocycles. The maximum Gasteiger partial charge on any atom is 0.416 e. The summed E-state index contributed by atoms with van der Waals surface area (Å²) in [6, 6.07) is 3.39. The fraction of sp³-hybridized carbons (Fsp3) is 0.421. The maximum absolute atomic E-state index is 12.9. The summed E-state index contributed by atoms with van der Waals surface area (Å²) in [4.78, 5) is 13.2. The summed E-state index contributed by atoms with van der Waals surface area (Å²) in [5.41, 5.74) is 0.600. The second kappa shape index (κ2) is 7.29. The van der Waals surface area contributed by atoms with E-state index in [-0.39, 0.29) is 23.1 Å². The van der Waals surface area contributed by atoms with Crippen molar-refractivity contribution in [3.63, 3.8) is 0 Å². The summed E-state index contributed by atoms with van der Waals surface area (Å²) in [7, 11) is 1.74. The largest absolute Gasteiger partial charge is 0.507 e. The van der Waals surface area contributed by atoms with Crippen molar-refractivity contribution in [3.05, 3.63) is 34.9 Å². The van der Waals surface area contributed by atoms with Gasteiger partial charge in [-0.3, -0.25) is 4.79 Å². The van der Waals surface area contributed by atoms with Crippen LogP contribution in [0.3, 0.4) is 0 Å². The zero-order valence-electron chi connectivity index (χ0n) is 15.8. The molecule has 1 atom stereocenters. The lowest BCUT2D eigenvalue weighted by Gasteiger charge is -2.30. The highest BCUT2D eigenvalue weighted by Gasteiger charge is 2.32. The van der Waals surface area contributed by atoms with Gasteiger partial charge in [-0.2, -0.15) is 13.2 Å². The van der Waals surface area contributed by atoms with E-state index in [1.165, 1.54) is 6.92 Å². The van der Waals surface area contributed by atoms with Crippen LogP contribution in [-0.4, -0.2) is 45.7 Å². The van der Waals surface area contributed by atoms with Crippen LogP contribution in [0.5, 0.6) is 5.75 Å². The Morgan fingerprint density at radius 2 is 1.89 bits per heavy atom. The van der Waals surface area contributed by atoms with Gasteiger partial charge in [-0.25, -0.2) is 0 Å². The van der Waals surface area contributed by atoms with Crippen molar-refractivity contribution in [3.8, 4) is 17.0 Å². The number of alkyl halides is 3. The third kappa shape index (κ3) is 4.02. The standard InChI is InChI=1S/C19H21F3N4O2/c1-10-6-12(19(20,21)22)8-15(27)17(10)14-7-11(2)18(25-24-14)23-13-4-5-16(28)26(3)9-13/h6-8,13,27H,4-5,9H2,1-3H3,(H,23,25). The van der Waals surface area contributed by atoms with Crippen LogP contribution in [0.2, 0.25) is 0 Å². The minimum Gasteiger partial charge on any atom is -0.507 e. The number of likely N-dealkylation sites (tertiary alicyclic amines) is 1. The quantitative estimate of drug-likeness (QED) is 0.833. The fourth-order valence-corrected chi connectivity index (χ4v) is 3.34. The van der Waals surface area contributed by atoms with Gasteiger partial charge >= 0.3 is 6.18 Å². The molecule has 2 N–H and O–H groups in total. The summed E-state index contributed by atoms with van der Waals surface area (Å²) in [5.74, 6) is 0.152. The highest BCUT2D eigenvalue weighted by molar-refractivity contribution is 5.77. The van der Waals surface area contributed by atoms with E-state index >= 15 is 0 Å². The molecule has 28 heavy (non-hydrogen) atoms. The monoisotopic (exact) mass is 394 g/mol. The van der Waals surface area contributed by atoms with E-state index in [1.807, 2.05) is 0 Å². The molecule has 1 fully saturated rings. The summed E-state index contributed by atoms with van der Waals surface area (Å²) < 4.78 is 38.7. The van der Waals surface area contributed by atoms with Crippen molar-refractivity contribution in [1.82, 2.24) is 15.1 Å². The molecule has 1 aromatic heterocycles. The van der Waals surface area contributed by atoms with Gasteiger partial charge in [-0.1, -0.05) is 0 Å². The number of nitrogens with zero attached hydrogens (tertiary/aromatic N) is 3. The van der Waals surface area contributed by atoms with Gasteiger partial charge in [0.1, 0.15) is 5.75 Å². The smallest absolute Gasteiger partial charge is 0.416 e. The molecule has 1 aliphatic heterocycles. The van der Waals surface area contributed by atoms with Crippen LogP contribution < -0.4 is 5.32 Å². The van der Waals surface area contributed by atoms with Crippen LogP contribution in [0, 0.1) is 13.8 Å². The first kappa shape index (κ1) is 19.9. The second-order valence-corrected chi connectivity index (χ2v) is 7.10. The van der Waals surface area contributed by atoms with E-state index in [4.69, 9.17) is 0 Å². The minimum atomic E-state index is -4.54. The highest BCUT2D eigenvalue weighted by Crippen LogP contribution is 2.38. The van der Waals surface area contributed by atoms with E-state index in [1.54, 1.807) is 24.9 Å². The van der Waals surface area contributed by atoms with Crippen molar-refractivity contribution >= 4 is 11.7 Å². The molecule has 0 bridgehead atoms. The maximum atomic E-state index is 12.9. The summed E-state index contributed by atoms with van der Waals surface area (Å²) in [5, 5.41) is 21.6. The predicted octanol–water partition coefficient (Wildman–Crippen LogP) is 3.52.